The van der Waals surface area contributed by atoms with Gasteiger partial charge >= 0.3 is 0 Å². The maximum atomic E-state index is 12.8. The Kier molecular flexibility index (Phi) is 5.40. The zero-order valence-corrected chi connectivity index (χ0v) is 14.7. The number of amides is 3. The molecule has 0 saturated carbocycles. The Balaban J connectivity index is 1.53. The largest absolute Gasteiger partial charge is 0.357 e. The summed E-state index contributed by atoms with van der Waals surface area (Å²) in [4.78, 5) is 45.4. The second-order valence-corrected chi connectivity index (χ2v) is 6.73. The van der Waals surface area contributed by atoms with Crippen LogP contribution in [0.2, 0.25) is 0 Å². The van der Waals surface area contributed by atoms with Gasteiger partial charge < -0.3 is 19.7 Å². The number of hydrogen-bond acceptors (Lipinski definition) is 3. The topological polar surface area (TPSA) is 76.7 Å². The number of aromatic amines is 1. The normalized spacial score (nSPS) is 21.3. The van der Waals surface area contributed by atoms with E-state index >= 15 is 0 Å². The minimum Gasteiger partial charge on any atom is -0.357 e. The van der Waals surface area contributed by atoms with E-state index in [9.17, 15) is 14.4 Å². The molecule has 0 spiro atoms. The van der Waals surface area contributed by atoms with E-state index in [1.54, 1.807) is 23.2 Å². The number of carbonyl (C=O) groups excluding carboxylic acids is 3. The molecule has 7 heteroatoms. The van der Waals surface area contributed by atoms with Gasteiger partial charge in [-0.3, -0.25) is 14.4 Å². The van der Waals surface area contributed by atoms with E-state index < -0.39 is 0 Å². The number of likely N-dealkylation sites (tertiary alicyclic amines) is 1. The summed E-state index contributed by atoms with van der Waals surface area (Å²) in [6, 6.07) is 3.57. The van der Waals surface area contributed by atoms with Crippen LogP contribution in [0.4, 0.5) is 0 Å². The van der Waals surface area contributed by atoms with Crippen molar-refractivity contribution in [1.82, 2.24) is 19.7 Å². The number of aromatic nitrogens is 1. The molecule has 0 unspecified atom stereocenters. The van der Waals surface area contributed by atoms with Crippen molar-refractivity contribution in [1.29, 1.82) is 0 Å². The van der Waals surface area contributed by atoms with Crippen LogP contribution in [0.25, 0.3) is 0 Å². The highest BCUT2D eigenvalue weighted by Gasteiger charge is 2.33. The van der Waals surface area contributed by atoms with Gasteiger partial charge in [0, 0.05) is 51.9 Å². The van der Waals surface area contributed by atoms with Gasteiger partial charge in [-0.05, 0) is 25.0 Å². The first kappa shape index (κ1) is 17.5. The van der Waals surface area contributed by atoms with Crippen molar-refractivity contribution in [2.45, 2.75) is 26.2 Å². The van der Waals surface area contributed by atoms with E-state index in [-0.39, 0.29) is 23.6 Å². The molecular formula is C18H26N4O3. The van der Waals surface area contributed by atoms with E-state index in [4.69, 9.17) is 0 Å². The van der Waals surface area contributed by atoms with Crippen molar-refractivity contribution in [2.24, 2.45) is 5.92 Å². The summed E-state index contributed by atoms with van der Waals surface area (Å²) >= 11 is 0. The average Bonchev–Trinajstić information content (AvgIpc) is 3.21. The van der Waals surface area contributed by atoms with Crippen LogP contribution in [-0.4, -0.2) is 76.7 Å². The van der Waals surface area contributed by atoms with E-state index in [0.29, 0.717) is 44.8 Å². The molecule has 2 fully saturated rings. The first-order chi connectivity index (χ1) is 12.1. The minimum atomic E-state index is -0.102. The van der Waals surface area contributed by atoms with Crippen LogP contribution in [-0.2, 0) is 9.59 Å². The number of carbonyl (C=O) groups is 3. The minimum absolute atomic E-state index is 0.0190. The zero-order chi connectivity index (χ0) is 17.8. The Morgan fingerprint density at radius 1 is 1.08 bits per heavy atom. The lowest BCUT2D eigenvalue weighted by molar-refractivity contribution is -0.141. The van der Waals surface area contributed by atoms with Gasteiger partial charge in [0.05, 0.1) is 5.92 Å². The molecule has 136 valence electrons. The fourth-order valence-corrected chi connectivity index (χ4v) is 3.65. The number of nitrogens with zero attached hydrogens (tertiary/aromatic N) is 3. The molecule has 7 nitrogen and oxygen atoms in total. The Labute approximate surface area is 148 Å². The second-order valence-electron chi connectivity index (χ2n) is 6.73. The summed E-state index contributed by atoms with van der Waals surface area (Å²) in [5.41, 5.74) is 0.584. The van der Waals surface area contributed by atoms with Crippen molar-refractivity contribution in [2.75, 3.05) is 39.3 Å². The Hall–Kier alpha value is -2.31. The van der Waals surface area contributed by atoms with Crippen molar-refractivity contribution in [3.63, 3.8) is 0 Å². The molecule has 2 aliphatic rings. The smallest absolute Gasteiger partial charge is 0.270 e. The van der Waals surface area contributed by atoms with Gasteiger partial charge in [0.25, 0.3) is 5.91 Å². The number of hydrogen-bond donors (Lipinski definition) is 1. The molecule has 2 saturated heterocycles. The van der Waals surface area contributed by atoms with Gasteiger partial charge in [-0.25, -0.2) is 0 Å². The highest BCUT2D eigenvalue weighted by atomic mass is 16.2. The van der Waals surface area contributed by atoms with E-state index in [2.05, 4.69) is 4.98 Å². The van der Waals surface area contributed by atoms with Crippen LogP contribution in [0.3, 0.4) is 0 Å². The van der Waals surface area contributed by atoms with Crippen molar-refractivity contribution in [3.8, 4) is 0 Å². The maximum Gasteiger partial charge on any atom is 0.270 e. The molecule has 0 bridgehead atoms. The molecule has 1 N–H and O–H groups in total. The standard InChI is InChI=1S/C18H26N4O3/c1-2-16(23)22-8-4-5-14(13-22)17(24)20-9-11-21(12-10-20)18(25)15-6-3-7-19-15/h3,6-7,14,19H,2,4-5,8-13H2,1H3/t14-/m0/s1. The number of rotatable bonds is 3. The average molecular weight is 346 g/mol. The first-order valence-electron chi connectivity index (χ1n) is 9.09. The molecule has 1 aromatic rings. The van der Waals surface area contributed by atoms with Crippen LogP contribution in [0.5, 0.6) is 0 Å². The third-order valence-electron chi connectivity index (χ3n) is 5.13. The monoisotopic (exact) mass is 346 g/mol. The second kappa shape index (κ2) is 7.72. The van der Waals surface area contributed by atoms with Crippen LogP contribution in [0, 0.1) is 5.92 Å². The Bertz CT molecular complexity index is 620. The van der Waals surface area contributed by atoms with Crippen molar-refractivity contribution < 1.29 is 14.4 Å². The Morgan fingerprint density at radius 2 is 1.80 bits per heavy atom. The summed E-state index contributed by atoms with van der Waals surface area (Å²) in [6.07, 6.45) is 3.95. The van der Waals surface area contributed by atoms with Crippen LogP contribution >= 0.6 is 0 Å². The van der Waals surface area contributed by atoms with E-state index in [1.165, 1.54) is 0 Å². The number of piperazine rings is 1. The molecule has 3 amide bonds. The molecule has 0 aromatic carbocycles. The lowest BCUT2D eigenvalue weighted by Crippen LogP contribution is -2.54. The molecule has 0 aliphatic carbocycles. The van der Waals surface area contributed by atoms with Crippen molar-refractivity contribution in [3.05, 3.63) is 24.0 Å². The molecule has 0 radical (unpaired) electrons. The fraction of sp³-hybridized carbons (Fsp3) is 0.611. The summed E-state index contributed by atoms with van der Waals surface area (Å²) in [6.45, 7) is 5.37. The van der Waals surface area contributed by atoms with Crippen LogP contribution in [0.15, 0.2) is 18.3 Å². The SMILES string of the molecule is CCC(=O)N1CCC[C@H](C(=O)N2CCN(C(=O)c3ccc[nH]3)CC2)C1. The summed E-state index contributed by atoms with van der Waals surface area (Å²) in [5, 5.41) is 0. The molecule has 1 atom stereocenters. The lowest BCUT2D eigenvalue weighted by atomic mass is 9.96. The van der Waals surface area contributed by atoms with Gasteiger partial charge in [0.2, 0.25) is 11.8 Å². The van der Waals surface area contributed by atoms with Crippen LogP contribution < -0.4 is 0 Å². The van der Waals surface area contributed by atoms with Gasteiger partial charge in [-0.15, -0.1) is 0 Å². The van der Waals surface area contributed by atoms with Crippen LogP contribution in [0.1, 0.15) is 36.7 Å². The zero-order valence-electron chi connectivity index (χ0n) is 14.7. The van der Waals surface area contributed by atoms with Crippen molar-refractivity contribution >= 4 is 17.7 Å². The highest BCUT2D eigenvalue weighted by molar-refractivity contribution is 5.92. The quantitative estimate of drug-likeness (QED) is 0.885. The lowest BCUT2D eigenvalue weighted by Gasteiger charge is -2.39. The summed E-state index contributed by atoms with van der Waals surface area (Å²) in [5.74, 6) is 0.129. The predicted octanol–water partition coefficient (Wildman–Crippen LogP) is 0.948. The Morgan fingerprint density at radius 3 is 2.44 bits per heavy atom. The highest BCUT2D eigenvalue weighted by Crippen LogP contribution is 2.20. The molecular weight excluding hydrogens is 320 g/mol. The van der Waals surface area contributed by atoms with Gasteiger partial charge in [0.1, 0.15) is 5.69 Å². The number of nitrogens with one attached hydrogen (secondary N) is 1. The molecule has 25 heavy (non-hydrogen) atoms. The molecule has 2 aliphatic heterocycles. The summed E-state index contributed by atoms with van der Waals surface area (Å²) in [7, 11) is 0. The third kappa shape index (κ3) is 3.86. The summed E-state index contributed by atoms with van der Waals surface area (Å²) < 4.78 is 0. The first-order valence-corrected chi connectivity index (χ1v) is 9.09. The van der Waals surface area contributed by atoms with E-state index in [0.717, 1.165) is 19.4 Å². The molecule has 3 rings (SSSR count). The predicted molar refractivity (Wildman–Crippen MR) is 92.9 cm³/mol. The number of piperidine rings is 1. The molecule has 3 heterocycles. The third-order valence-corrected chi connectivity index (χ3v) is 5.13. The van der Waals surface area contributed by atoms with Gasteiger partial charge in [-0.2, -0.15) is 0 Å². The van der Waals surface area contributed by atoms with E-state index in [1.807, 2.05) is 16.7 Å². The van der Waals surface area contributed by atoms with Gasteiger partial charge in [-0.1, -0.05) is 6.92 Å². The number of H-pyrrole nitrogens is 1. The fourth-order valence-electron chi connectivity index (χ4n) is 3.65. The maximum absolute atomic E-state index is 12.8. The van der Waals surface area contributed by atoms with Gasteiger partial charge in [0.15, 0.2) is 0 Å². The molecule has 1 aromatic heterocycles.